The lowest BCUT2D eigenvalue weighted by atomic mass is 9.88. The van der Waals surface area contributed by atoms with Gasteiger partial charge in [-0.3, -0.25) is 4.79 Å². The lowest BCUT2D eigenvalue weighted by Crippen LogP contribution is -2.20. The first kappa shape index (κ1) is 20.3. The molecule has 0 amide bonds. The Hall–Kier alpha value is -1.39. The summed E-state index contributed by atoms with van der Waals surface area (Å²) in [5, 5.41) is 0.733. The van der Waals surface area contributed by atoms with Gasteiger partial charge in [-0.15, -0.1) is 0 Å². The zero-order valence-electron chi connectivity index (χ0n) is 17.0. The molecule has 1 aromatic heterocycles. The number of methoxy groups -OCH3 is 1. The summed E-state index contributed by atoms with van der Waals surface area (Å²) in [4.78, 5) is 17.1. The summed E-state index contributed by atoms with van der Waals surface area (Å²) in [6.07, 6.45) is 6.55. The fourth-order valence-corrected chi connectivity index (χ4v) is 4.11. The molecule has 1 aliphatic carbocycles. The fraction of sp³-hybridized carbons (Fsp3) is 0.636. The van der Waals surface area contributed by atoms with Crippen LogP contribution in [0.3, 0.4) is 0 Å². The summed E-state index contributed by atoms with van der Waals surface area (Å²) in [5.74, 6) is 1.43. The van der Waals surface area contributed by atoms with E-state index >= 15 is 0 Å². The van der Waals surface area contributed by atoms with Crippen molar-refractivity contribution in [1.29, 1.82) is 0 Å². The predicted octanol–water partition coefficient (Wildman–Crippen LogP) is 5.89. The van der Waals surface area contributed by atoms with Crippen LogP contribution in [0.15, 0.2) is 12.1 Å². The van der Waals surface area contributed by atoms with Gasteiger partial charge in [0, 0.05) is 43.0 Å². The number of carbonyl (C=O) groups excluding carboxylic acids is 1. The number of hydrogen-bond acceptors (Lipinski definition) is 3. The molecule has 1 heterocycles. The maximum absolute atomic E-state index is 12.2. The number of carbonyl (C=O) groups is 1. The van der Waals surface area contributed by atoms with Gasteiger partial charge >= 0.3 is 0 Å². The van der Waals surface area contributed by atoms with Gasteiger partial charge in [-0.25, -0.2) is 4.98 Å². The Morgan fingerprint density at radius 2 is 2.07 bits per heavy atom. The van der Waals surface area contributed by atoms with Crippen LogP contribution in [0.1, 0.15) is 76.7 Å². The number of aryl methyl sites for hydroxylation is 1. The predicted molar refractivity (Wildman–Crippen MR) is 110 cm³/mol. The van der Waals surface area contributed by atoms with Crippen molar-refractivity contribution in [3.8, 4) is 0 Å². The highest BCUT2D eigenvalue weighted by atomic mass is 35.5. The molecule has 1 aromatic carbocycles. The maximum atomic E-state index is 12.2. The van der Waals surface area contributed by atoms with Crippen LogP contribution in [-0.2, 0) is 22.6 Å². The molecule has 0 N–H and O–H groups in total. The van der Waals surface area contributed by atoms with Crippen molar-refractivity contribution in [3.63, 3.8) is 0 Å². The van der Waals surface area contributed by atoms with Crippen LogP contribution in [0.25, 0.3) is 11.0 Å². The monoisotopic (exact) mass is 390 g/mol. The number of ether oxygens (including phenoxy) is 1. The highest BCUT2D eigenvalue weighted by Crippen LogP contribution is 2.38. The summed E-state index contributed by atoms with van der Waals surface area (Å²) >= 11 is 6.47. The van der Waals surface area contributed by atoms with E-state index in [0.717, 1.165) is 40.3 Å². The summed E-state index contributed by atoms with van der Waals surface area (Å²) in [6, 6.07) is 4.40. The van der Waals surface area contributed by atoms with Crippen molar-refractivity contribution in [2.75, 3.05) is 7.11 Å². The number of halogens is 1. The highest BCUT2D eigenvalue weighted by molar-refractivity contribution is 6.32. The molecule has 1 fully saturated rings. The van der Waals surface area contributed by atoms with Gasteiger partial charge < -0.3 is 9.30 Å². The summed E-state index contributed by atoms with van der Waals surface area (Å²) in [6.45, 7) is 6.82. The Morgan fingerprint density at radius 3 is 2.67 bits per heavy atom. The molecule has 148 valence electrons. The average molecular weight is 391 g/mol. The van der Waals surface area contributed by atoms with Gasteiger partial charge in [0.1, 0.15) is 11.6 Å². The molecule has 5 heteroatoms. The summed E-state index contributed by atoms with van der Waals surface area (Å²) in [7, 11) is 1.70. The summed E-state index contributed by atoms with van der Waals surface area (Å²) in [5.41, 5.74) is 3.17. The second-order valence-corrected chi connectivity index (χ2v) is 9.35. The van der Waals surface area contributed by atoms with E-state index in [9.17, 15) is 4.79 Å². The van der Waals surface area contributed by atoms with E-state index in [2.05, 4.69) is 25.3 Å². The molecule has 27 heavy (non-hydrogen) atoms. The third-order valence-electron chi connectivity index (χ3n) is 5.28. The number of imidazole rings is 1. The second kappa shape index (κ2) is 8.32. The molecule has 0 bridgehead atoms. The smallest absolute Gasteiger partial charge is 0.133 e. The molecule has 0 radical (unpaired) electrons. The number of rotatable bonds is 8. The van der Waals surface area contributed by atoms with E-state index in [1.54, 1.807) is 7.11 Å². The van der Waals surface area contributed by atoms with Gasteiger partial charge in [0.05, 0.1) is 17.6 Å². The number of ketones is 1. The fourth-order valence-electron chi connectivity index (χ4n) is 3.90. The Morgan fingerprint density at radius 1 is 1.33 bits per heavy atom. The number of nitrogens with zero attached hydrogens (tertiary/aromatic N) is 2. The minimum Gasteiger partial charge on any atom is -0.380 e. The number of aromatic nitrogens is 2. The molecule has 1 aliphatic rings. The molecular formula is C22H31ClN2O2. The molecule has 0 aliphatic heterocycles. The zero-order chi connectivity index (χ0) is 19.6. The van der Waals surface area contributed by atoms with E-state index < -0.39 is 0 Å². The first-order valence-electron chi connectivity index (χ1n) is 9.99. The number of fused-ring (bicyclic) bond motifs is 1. The van der Waals surface area contributed by atoms with E-state index in [4.69, 9.17) is 21.3 Å². The molecule has 2 aromatic rings. The van der Waals surface area contributed by atoms with Crippen molar-refractivity contribution in [2.24, 2.45) is 5.41 Å². The maximum Gasteiger partial charge on any atom is 0.133 e. The van der Waals surface area contributed by atoms with E-state index in [1.807, 2.05) is 12.1 Å². The minimum absolute atomic E-state index is 0.0575. The molecule has 1 saturated carbocycles. The molecule has 0 atom stereocenters. The van der Waals surface area contributed by atoms with Crippen molar-refractivity contribution < 1.29 is 9.53 Å². The first-order chi connectivity index (χ1) is 12.8. The van der Waals surface area contributed by atoms with Crippen LogP contribution in [0, 0.1) is 5.41 Å². The standard InChI is InChI=1S/C22H31ClN2O2/c1-22(2,3)13-16(26)9-6-10-20-24-19-12-11-18(23)17(14-27-4)21(19)25(20)15-7-5-8-15/h11-12,15H,5-10,13-14H2,1-4H3. The Bertz CT molecular complexity index is 816. The van der Waals surface area contributed by atoms with E-state index in [1.165, 1.54) is 19.3 Å². The SMILES string of the molecule is COCc1c(Cl)ccc2nc(CCCC(=O)CC(C)(C)C)n(C3CCC3)c12. The first-order valence-corrected chi connectivity index (χ1v) is 10.4. The second-order valence-electron chi connectivity index (χ2n) is 8.94. The van der Waals surface area contributed by atoms with Crippen LogP contribution >= 0.6 is 11.6 Å². The quantitative estimate of drug-likeness (QED) is 0.564. The lowest BCUT2D eigenvalue weighted by Gasteiger charge is -2.30. The van der Waals surface area contributed by atoms with E-state index in [-0.39, 0.29) is 5.41 Å². The highest BCUT2D eigenvalue weighted by Gasteiger charge is 2.26. The van der Waals surface area contributed by atoms with Crippen LogP contribution < -0.4 is 0 Å². The van der Waals surface area contributed by atoms with E-state index in [0.29, 0.717) is 31.3 Å². The zero-order valence-corrected chi connectivity index (χ0v) is 17.7. The van der Waals surface area contributed by atoms with Gasteiger partial charge in [0.15, 0.2) is 0 Å². The van der Waals surface area contributed by atoms with Gasteiger partial charge in [0.25, 0.3) is 0 Å². The normalized spacial score (nSPS) is 15.3. The molecule has 0 saturated heterocycles. The summed E-state index contributed by atoms with van der Waals surface area (Å²) < 4.78 is 7.78. The van der Waals surface area contributed by atoms with Crippen molar-refractivity contribution in [1.82, 2.24) is 9.55 Å². The lowest BCUT2D eigenvalue weighted by molar-refractivity contribution is -0.120. The minimum atomic E-state index is 0.0575. The van der Waals surface area contributed by atoms with Crippen LogP contribution in [0.4, 0.5) is 0 Å². The average Bonchev–Trinajstić information content (AvgIpc) is 2.86. The largest absolute Gasteiger partial charge is 0.380 e. The molecule has 0 unspecified atom stereocenters. The number of benzene rings is 1. The third-order valence-corrected chi connectivity index (χ3v) is 5.64. The van der Waals surface area contributed by atoms with Gasteiger partial charge in [-0.2, -0.15) is 0 Å². The molecule has 3 rings (SSSR count). The Kier molecular flexibility index (Phi) is 6.27. The van der Waals surface area contributed by atoms with Crippen LogP contribution in [0.2, 0.25) is 5.02 Å². The van der Waals surface area contributed by atoms with Crippen molar-refractivity contribution in [2.45, 2.75) is 78.4 Å². The number of hydrogen-bond donors (Lipinski definition) is 0. The Labute approximate surface area is 167 Å². The molecular weight excluding hydrogens is 360 g/mol. The van der Waals surface area contributed by atoms with Crippen molar-refractivity contribution >= 4 is 28.4 Å². The molecule has 4 nitrogen and oxygen atoms in total. The topological polar surface area (TPSA) is 44.1 Å². The van der Waals surface area contributed by atoms with Gasteiger partial charge in [0.2, 0.25) is 0 Å². The number of Topliss-reactive ketones (excluding diaryl/α,β-unsaturated/α-hetero) is 1. The van der Waals surface area contributed by atoms with Crippen molar-refractivity contribution in [3.05, 3.63) is 28.5 Å². The third kappa shape index (κ3) is 4.72. The molecule has 0 spiro atoms. The van der Waals surface area contributed by atoms with Crippen LogP contribution in [-0.4, -0.2) is 22.4 Å². The Balaban J connectivity index is 1.84. The van der Waals surface area contributed by atoms with Gasteiger partial charge in [-0.1, -0.05) is 32.4 Å². The van der Waals surface area contributed by atoms with Gasteiger partial charge in [-0.05, 0) is 43.2 Å². The van der Waals surface area contributed by atoms with Crippen LogP contribution in [0.5, 0.6) is 0 Å².